The van der Waals surface area contributed by atoms with Gasteiger partial charge in [-0.15, -0.1) is 0 Å². The Morgan fingerprint density at radius 1 is 0.902 bits per heavy atom. The number of carbonyl (C=O) groups is 3. The van der Waals surface area contributed by atoms with Gasteiger partial charge >= 0.3 is 12.1 Å². The second kappa shape index (κ2) is 12.1. The summed E-state index contributed by atoms with van der Waals surface area (Å²) in [6, 6.07) is 17.8. The largest absolute Gasteiger partial charge is 0.445 e. The molecule has 0 atom stereocenters. The number of carbonyl (C=O) groups excluding carboxylic acids is 3. The summed E-state index contributed by atoms with van der Waals surface area (Å²) < 4.78 is 5.40. The van der Waals surface area contributed by atoms with E-state index in [-0.39, 0.29) is 24.1 Å². The summed E-state index contributed by atoms with van der Waals surface area (Å²) in [5.74, 6) is 0.516. The van der Waals surface area contributed by atoms with E-state index in [0.717, 1.165) is 56.2 Å². The van der Waals surface area contributed by atoms with Crippen LogP contribution in [-0.4, -0.2) is 68.2 Å². The fraction of sp³-hybridized carbons (Fsp3) is 0.531. The highest BCUT2D eigenvalue weighted by molar-refractivity contribution is 6.05. The Morgan fingerprint density at radius 3 is 2.27 bits per heavy atom. The summed E-state index contributed by atoms with van der Waals surface area (Å²) in [4.78, 5) is 42.5. The van der Waals surface area contributed by atoms with Crippen LogP contribution in [0.1, 0.15) is 50.5 Å². The summed E-state index contributed by atoms with van der Waals surface area (Å²) in [6.45, 7) is 6.33. The minimum Gasteiger partial charge on any atom is -0.445 e. The summed E-state index contributed by atoms with van der Waals surface area (Å²) in [5.41, 5.74) is 3.42. The summed E-state index contributed by atoms with van der Waals surface area (Å²) >= 11 is 0. The molecular weight excluding hydrogens is 518 g/mol. The average molecular weight is 560 g/mol. The van der Waals surface area contributed by atoms with Gasteiger partial charge in [-0.05, 0) is 92.8 Å². The van der Waals surface area contributed by atoms with E-state index in [9.17, 15) is 14.4 Å². The van der Waals surface area contributed by atoms with Gasteiger partial charge in [-0.3, -0.25) is 15.0 Å². The Labute approximate surface area is 242 Å². The highest BCUT2D eigenvalue weighted by Crippen LogP contribution is 2.49. The van der Waals surface area contributed by atoms with Gasteiger partial charge in [0.25, 0.3) is 0 Å². The van der Waals surface area contributed by atoms with Crippen LogP contribution in [0.2, 0.25) is 0 Å². The van der Waals surface area contributed by atoms with Crippen LogP contribution in [0.25, 0.3) is 0 Å². The van der Waals surface area contributed by atoms with Gasteiger partial charge in [0.15, 0.2) is 0 Å². The molecular formula is C32H41N5O4. The van der Waals surface area contributed by atoms with E-state index in [0.29, 0.717) is 25.0 Å². The number of likely N-dealkylation sites (tertiary alicyclic amines) is 1. The maximum absolute atomic E-state index is 12.2. The van der Waals surface area contributed by atoms with Crippen molar-refractivity contribution in [2.75, 3.05) is 49.1 Å². The van der Waals surface area contributed by atoms with Crippen LogP contribution in [0.5, 0.6) is 0 Å². The molecule has 1 aliphatic carbocycles. The molecule has 4 aliphatic rings. The summed E-state index contributed by atoms with van der Waals surface area (Å²) in [5, 5.41) is 5.45. The van der Waals surface area contributed by atoms with Gasteiger partial charge in [0.2, 0.25) is 5.91 Å². The number of piperidine rings is 2. The molecule has 0 unspecified atom stereocenters. The predicted molar refractivity (Wildman–Crippen MR) is 158 cm³/mol. The molecule has 3 saturated heterocycles. The smallest absolute Gasteiger partial charge is 0.407 e. The van der Waals surface area contributed by atoms with E-state index in [1.807, 2.05) is 42.5 Å². The van der Waals surface area contributed by atoms with E-state index in [1.54, 1.807) is 4.90 Å². The number of amides is 4. The average Bonchev–Trinajstić information content (AvgIpc) is 2.97. The Bertz CT molecular complexity index is 1210. The van der Waals surface area contributed by atoms with Gasteiger partial charge in [-0.25, -0.2) is 9.59 Å². The van der Waals surface area contributed by atoms with Gasteiger partial charge in [-0.1, -0.05) is 30.3 Å². The van der Waals surface area contributed by atoms with E-state index in [1.165, 1.54) is 37.9 Å². The molecule has 0 bridgehead atoms. The standard InChI is InChI=1S/C32H41N5O4/c38-29-12-17-37(30(39)34-29)28-8-6-27(7-9-28)36-15-10-24(11-16-36)22-35-18-13-32(14-19-35)20-26(21-32)33-31(40)41-23-25-4-2-1-3-5-25/h1-9,24,26H,10-23H2,(H,33,40)(H,34,38,39). The second-order valence-electron chi connectivity index (χ2n) is 12.3. The van der Waals surface area contributed by atoms with Crippen LogP contribution in [0, 0.1) is 11.3 Å². The molecule has 2 aromatic carbocycles. The number of anilines is 2. The fourth-order valence-electron chi connectivity index (χ4n) is 7.03. The minimum absolute atomic E-state index is 0.210. The number of urea groups is 1. The molecule has 3 heterocycles. The van der Waals surface area contributed by atoms with Crippen molar-refractivity contribution in [1.29, 1.82) is 0 Å². The summed E-state index contributed by atoms with van der Waals surface area (Å²) in [7, 11) is 0. The molecule has 9 heteroatoms. The lowest BCUT2D eigenvalue weighted by atomic mass is 9.60. The van der Waals surface area contributed by atoms with Gasteiger partial charge in [-0.2, -0.15) is 0 Å². The summed E-state index contributed by atoms with van der Waals surface area (Å²) in [6.07, 6.45) is 6.99. The Morgan fingerprint density at radius 2 is 1.59 bits per heavy atom. The zero-order chi connectivity index (χ0) is 28.2. The number of hydrogen-bond acceptors (Lipinski definition) is 6. The number of hydrogen-bond donors (Lipinski definition) is 2. The highest BCUT2D eigenvalue weighted by atomic mass is 16.5. The molecule has 1 spiro atoms. The monoisotopic (exact) mass is 559 g/mol. The molecule has 2 aromatic rings. The predicted octanol–water partition coefficient (Wildman–Crippen LogP) is 4.52. The van der Waals surface area contributed by atoms with Crippen molar-refractivity contribution in [2.45, 2.75) is 57.6 Å². The van der Waals surface area contributed by atoms with Crippen LogP contribution in [0.3, 0.4) is 0 Å². The number of rotatable bonds is 7. The van der Waals surface area contributed by atoms with Crippen molar-refractivity contribution < 1.29 is 19.1 Å². The number of benzene rings is 2. The third kappa shape index (κ3) is 6.67. The van der Waals surface area contributed by atoms with Crippen molar-refractivity contribution in [2.24, 2.45) is 11.3 Å². The normalized spacial score (nSPS) is 21.9. The number of imide groups is 1. The zero-order valence-electron chi connectivity index (χ0n) is 23.7. The molecule has 3 aliphatic heterocycles. The topological polar surface area (TPSA) is 94.2 Å². The second-order valence-corrected chi connectivity index (χ2v) is 12.3. The van der Waals surface area contributed by atoms with Gasteiger partial charge in [0, 0.05) is 50.0 Å². The van der Waals surface area contributed by atoms with Crippen molar-refractivity contribution in [3.05, 3.63) is 60.2 Å². The lowest BCUT2D eigenvalue weighted by molar-refractivity contribution is -0.120. The Hall–Kier alpha value is -3.59. The first kappa shape index (κ1) is 27.6. The third-order valence-corrected chi connectivity index (χ3v) is 9.52. The van der Waals surface area contributed by atoms with Crippen molar-refractivity contribution in [1.82, 2.24) is 15.5 Å². The first-order chi connectivity index (χ1) is 19.9. The number of nitrogens with zero attached hydrogens (tertiary/aromatic N) is 3. The van der Waals surface area contributed by atoms with Gasteiger partial charge < -0.3 is 19.9 Å². The SMILES string of the molecule is O=C1CCN(c2ccc(N3CCC(CN4CCC5(CC4)CC(NC(=O)OCc4ccccc4)C5)CC3)cc2)C(=O)N1. The lowest BCUT2D eigenvalue weighted by Gasteiger charge is -2.52. The van der Waals surface area contributed by atoms with Crippen LogP contribution in [0.15, 0.2) is 54.6 Å². The maximum Gasteiger partial charge on any atom is 0.407 e. The molecule has 0 radical (unpaired) electrons. The fourth-order valence-corrected chi connectivity index (χ4v) is 7.03. The lowest BCUT2D eigenvalue weighted by Crippen LogP contribution is -2.55. The van der Waals surface area contributed by atoms with Crippen molar-refractivity contribution in [3.63, 3.8) is 0 Å². The molecule has 4 amide bonds. The first-order valence-corrected chi connectivity index (χ1v) is 15.1. The highest BCUT2D eigenvalue weighted by Gasteiger charge is 2.46. The Balaban J connectivity index is 0.878. The van der Waals surface area contributed by atoms with E-state index in [2.05, 4.69) is 32.6 Å². The molecule has 0 aromatic heterocycles. The van der Waals surface area contributed by atoms with E-state index in [4.69, 9.17) is 4.74 Å². The molecule has 4 fully saturated rings. The minimum atomic E-state index is -0.341. The third-order valence-electron chi connectivity index (χ3n) is 9.52. The maximum atomic E-state index is 12.2. The van der Waals surface area contributed by atoms with Crippen LogP contribution < -0.4 is 20.4 Å². The molecule has 6 rings (SSSR count). The number of ether oxygens (including phenoxy) is 1. The molecule has 2 N–H and O–H groups in total. The quantitative estimate of drug-likeness (QED) is 0.518. The number of nitrogens with one attached hydrogen (secondary N) is 2. The van der Waals surface area contributed by atoms with Crippen molar-refractivity contribution in [3.8, 4) is 0 Å². The first-order valence-electron chi connectivity index (χ1n) is 15.1. The molecule has 9 nitrogen and oxygen atoms in total. The van der Waals surface area contributed by atoms with E-state index < -0.39 is 0 Å². The van der Waals surface area contributed by atoms with Crippen molar-refractivity contribution >= 4 is 29.4 Å². The number of alkyl carbamates (subject to hydrolysis) is 1. The van der Waals surface area contributed by atoms with Crippen LogP contribution in [-0.2, 0) is 16.1 Å². The van der Waals surface area contributed by atoms with E-state index >= 15 is 0 Å². The Kier molecular flexibility index (Phi) is 8.14. The van der Waals surface area contributed by atoms with Crippen LogP contribution >= 0.6 is 0 Å². The van der Waals surface area contributed by atoms with Gasteiger partial charge in [0.05, 0.1) is 0 Å². The molecule has 1 saturated carbocycles. The van der Waals surface area contributed by atoms with Crippen LogP contribution in [0.4, 0.5) is 21.0 Å². The van der Waals surface area contributed by atoms with Gasteiger partial charge in [0.1, 0.15) is 6.61 Å². The molecule has 41 heavy (non-hydrogen) atoms. The zero-order valence-corrected chi connectivity index (χ0v) is 23.7. The molecule has 218 valence electrons.